The lowest BCUT2D eigenvalue weighted by molar-refractivity contribution is -0.131. The summed E-state index contributed by atoms with van der Waals surface area (Å²) >= 11 is 0. The SMILES string of the molecule is CCc1ccc(CN(C)C(=O)CC(C)CN)cc1. The summed E-state index contributed by atoms with van der Waals surface area (Å²) in [6.07, 6.45) is 1.57. The highest BCUT2D eigenvalue weighted by molar-refractivity contribution is 5.76. The van der Waals surface area contributed by atoms with E-state index in [0.717, 1.165) is 6.42 Å². The van der Waals surface area contributed by atoms with E-state index in [-0.39, 0.29) is 11.8 Å². The van der Waals surface area contributed by atoms with Gasteiger partial charge in [-0.3, -0.25) is 4.79 Å². The van der Waals surface area contributed by atoms with Gasteiger partial charge in [-0.05, 0) is 30.0 Å². The first-order valence-corrected chi connectivity index (χ1v) is 6.58. The molecule has 18 heavy (non-hydrogen) atoms. The lowest BCUT2D eigenvalue weighted by atomic mass is 10.1. The van der Waals surface area contributed by atoms with Crippen molar-refractivity contribution < 1.29 is 4.79 Å². The molecule has 100 valence electrons. The first-order valence-electron chi connectivity index (χ1n) is 6.58. The minimum atomic E-state index is 0.160. The first kappa shape index (κ1) is 14.7. The van der Waals surface area contributed by atoms with Gasteiger partial charge in [0.1, 0.15) is 0 Å². The van der Waals surface area contributed by atoms with Crippen LogP contribution in [0, 0.1) is 5.92 Å². The third-order valence-electron chi connectivity index (χ3n) is 3.20. The molecule has 1 aromatic carbocycles. The summed E-state index contributed by atoms with van der Waals surface area (Å²) < 4.78 is 0. The molecule has 2 N–H and O–H groups in total. The molecule has 1 unspecified atom stereocenters. The first-order chi connectivity index (χ1) is 8.56. The molecule has 0 aliphatic carbocycles. The minimum absolute atomic E-state index is 0.160. The van der Waals surface area contributed by atoms with E-state index < -0.39 is 0 Å². The van der Waals surface area contributed by atoms with Crippen LogP contribution in [-0.4, -0.2) is 24.4 Å². The number of rotatable bonds is 6. The molecular formula is C15H24N2O. The van der Waals surface area contributed by atoms with Gasteiger partial charge in [0.15, 0.2) is 0 Å². The van der Waals surface area contributed by atoms with E-state index in [1.165, 1.54) is 11.1 Å². The molecule has 0 aliphatic heterocycles. The maximum atomic E-state index is 11.9. The summed E-state index contributed by atoms with van der Waals surface area (Å²) in [6.45, 7) is 5.37. The van der Waals surface area contributed by atoms with Gasteiger partial charge in [-0.2, -0.15) is 0 Å². The molecular weight excluding hydrogens is 224 g/mol. The molecule has 3 nitrogen and oxygen atoms in total. The van der Waals surface area contributed by atoms with E-state index in [4.69, 9.17) is 5.73 Å². The van der Waals surface area contributed by atoms with Crippen LogP contribution in [-0.2, 0) is 17.8 Å². The summed E-state index contributed by atoms with van der Waals surface area (Å²) in [6, 6.07) is 8.43. The Balaban J connectivity index is 2.52. The van der Waals surface area contributed by atoms with Crippen molar-refractivity contribution in [3.63, 3.8) is 0 Å². The van der Waals surface area contributed by atoms with Crippen LogP contribution in [0.25, 0.3) is 0 Å². The maximum absolute atomic E-state index is 11.9. The predicted molar refractivity (Wildman–Crippen MR) is 75.1 cm³/mol. The highest BCUT2D eigenvalue weighted by Crippen LogP contribution is 2.09. The summed E-state index contributed by atoms with van der Waals surface area (Å²) in [5.74, 6) is 0.412. The van der Waals surface area contributed by atoms with Gasteiger partial charge in [-0.25, -0.2) is 0 Å². The monoisotopic (exact) mass is 248 g/mol. The maximum Gasteiger partial charge on any atom is 0.222 e. The molecule has 0 saturated carbocycles. The number of amides is 1. The molecule has 1 rings (SSSR count). The summed E-state index contributed by atoms with van der Waals surface area (Å²) in [4.78, 5) is 13.7. The number of benzene rings is 1. The van der Waals surface area contributed by atoms with Gasteiger partial charge in [-0.15, -0.1) is 0 Å². The highest BCUT2D eigenvalue weighted by atomic mass is 16.2. The van der Waals surface area contributed by atoms with Crippen LogP contribution in [0.4, 0.5) is 0 Å². The number of carbonyl (C=O) groups is 1. The van der Waals surface area contributed by atoms with E-state index in [1.807, 2.05) is 14.0 Å². The number of hydrogen-bond acceptors (Lipinski definition) is 2. The van der Waals surface area contributed by atoms with Gasteiger partial charge < -0.3 is 10.6 Å². The standard InChI is InChI=1S/C15H24N2O/c1-4-13-5-7-14(8-6-13)11-17(3)15(18)9-12(2)10-16/h5-8,12H,4,9-11,16H2,1-3H3. The highest BCUT2D eigenvalue weighted by Gasteiger charge is 2.12. The molecule has 0 aliphatic rings. The fourth-order valence-electron chi connectivity index (χ4n) is 1.78. The van der Waals surface area contributed by atoms with Gasteiger partial charge >= 0.3 is 0 Å². The molecule has 0 radical (unpaired) electrons. The summed E-state index contributed by atoms with van der Waals surface area (Å²) in [5.41, 5.74) is 8.03. The van der Waals surface area contributed by atoms with Crippen molar-refractivity contribution in [1.82, 2.24) is 4.90 Å². The summed E-state index contributed by atoms with van der Waals surface area (Å²) in [7, 11) is 1.85. The molecule has 0 aromatic heterocycles. The van der Waals surface area contributed by atoms with E-state index in [9.17, 15) is 4.79 Å². The van der Waals surface area contributed by atoms with Crippen molar-refractivity contribution in [2.45, 2.75) is 33.2 Å². The number of nitrogens with zero attached hydrogens (tertiary/aromatic N) is 1. The lowest BCUT2D eigenvalue weighted by Gasteiger charge is -2.19. The Morgan fingerprint density at radius 2 is 1.83 bits per heavy atom. The number of aryl methyl sites for hydroxylation is 1. The van der Waals surface area contributed by atoms with Crippen molar-refractivity contribution in [3.05, 3.63) is 35.4 Å². The normalized spacial score (nSPS) is 12.2. The van der Waals surface area contributed by atoms with E-state index in [0.29, 0.717) is 19.5 Å². The Kier molecular flexibility index (Phi) is 5.86. The second kappa shape index (κ2) is 7.17. The predicted octanol–water partition coefficient (Wildman–Crippen LogP) is 2.19. The van der Waals surface area contributed by atoms with Crippen molar-refractivity contribution in [1.29, 1.82) is 0 Å². The second-order valence-corrected chi connectivity index (χ2v) is 4.96. The third-order valence-corrected chi connectivity index (χ3v) is 3.20. The minimum Gasteiger partial charge on any atom is -0.341 e. The molecule has 0 fully saturated rings. The Bertz CT molecular complexity index is 373. The largest absolute Gasteiger partial charge is 0.341 e. The number of hydrogen-bond donors (Lipinski definition) is 1. The Hall–Kier alpha value is -1.35. The van der Waals surface area contributed by atoms with Crippen LogP contribution in [0.5, 0.6) is 0 Å². The average molecular weight is 248 g/mol. The third kappa shape index (κ3) is 4.49. The van der Waals surface area contributed by atoms with E-state index >= 15 is 0 Å². The van der Waals surface area contributed by atoms with Gasteiger partial charge in [0, 0.05) is 20.0 Å². The topological polar surface area (TPSA) is 46.3 Å². The van der Waals surface area contributed by atoms with Gasteiger partial charge in [-0.1, -0.05) is 38.1 Å². The zero-order chi connectivity index (χ0) is 13.5. The Morgan fingerprint density at radius 3 is 2.33 bits per heavy atom. The van der Waals surface area contributed by atoms with Gasteiger partial charge in [0.2, 0.25) is 5.91 Å². The van der Waals surface area contributed by atoms with E-state index in [2.05, 4.69) is 31.2 Å². The second-order valence-electron chi connectivity index (χ2n) is 4.96. The smallest absolute Gasteiger partial charge is 0.222 e. The fraction of sp³-hybridized carbons (Fsp3) is 0.533. The van der Waals surface area contributed by atoms with Crippen LogP contribution in [0.1, 0.15) is 31.4 Å². The molecule has 0 heterocycles. The Labute approximate surface area is 110 Å². The number of carbonyl (C=O) groups excluding carboxylic acids is 1. The quantitative estimate of drug-likeness (QED) is 0.839. The van der Waals surface area contributed by atoms with Gasteiger partial charge in [0.25, 0.3) is 0 Å². The lowest BCUT2D eigenvalue weighted by Crippen LogP contribution is -2.29. The fourth-order valence-corrected chi connectivity index (χ4v) is 1.78. The van der Waals surface area contributed by atoms with Crippen LogP contribution in [0.15, 0.2) is 24.3 Å². The molecule has 0 saturated heterocycles. The summed E-state index contributed by atoms with van der Waals surface area (Å²) in [5, 5.41) is 0. The molecule has 0 bridgehead atoms. The van der Waals surface area contributed by atoms with Crippen molar-refractivity contribution in [2.75, 3.05) is 13.6 Å². The van der Waals surface area contributed by atoms with E-state index in [1.54, 1.807) is 4.90 Å². The van der Waals surface area contributed by atoms with Crippen LogP contribution in [0.3, 0.4) is 0 Å². The van der Waals surface area contributed by atoms with Crippen LogP contribution >= 0.6 is 0 Å². The van der Waals surface area contributed by atoms with Gasteiger partial charge in [0.05, 0.1) is 0 Å². The molecule has 3 heteroatoms. The molecule has 1 amide bonds. The molecule has 1 atom stereocenters. The molecule has 0 spiro atoms. The van der Waals surface area contributed by atoms with Crippen molar-refractivity contribution >= 4 is 5.91 Å². The van der Waals surface area contributed by atoms with Crippen molar-refractivity contribution in [2.24, 2.45) is 11.7 Å². The van der Waals surface area contributed by atoms with Crippen molar-refractivity contribution in [3.8, 4) is 0 Å². The average Bonchev–Trinajstić information content (AvgIpc) is 2.39. The van der Waals surface area contributed by atoms with Crippen LogP contribution in [0.2, 0.25) is 0 Å². The van der Waals surface area contributed by atoms with Crippen LogP contribution < -0.4 is 5.73 Å². The zero-order valence-corrected chi connectivity index (χ0v) is 11.6. The number of nitrogens with two attached hydrogens (primary N) is 1. The Morgan fingerprint density at radius 1 is 1.28 bits per heavy atom. The zero-order valence-electron chi connectivity index (χ0n) is 11.6. The molecule has 1 aromatic rings.